The highest BCUT2D eigenvalue weighted by atomic mass is 14.3. The molecule has 2 atom stereocenters. The summed E-state index contributed by atoms with van der Waals surface area (Å²) >= 11 is 0. The molecule has 0 spiro atoms. The zero-order valence-electron chi connectivity index (χ0n) is 15.1. The first-order chi connectivity index (χ1) is 8.74. The Morgan fingerprint density at radius 3 is 1.11 bits per heavy atom. The molecule has 0 nitrogen and oxygen atoms in total. The summed E-state index contributed by atoms with van der Waals surface area (Å²) in [6.07, 6.45) is 9.51. The van der Waals surface area contributed by atoms with Crippen LogP contribution in [0.25, 0.3) is 0 Å². The summed E-state index contributed by atoms with van der Waals surface area (Å²) in [6.45, 7) is 19.3. The van der Waals surface area contributed by atoms with Gasteiger partial charge in [-0.05, 0) is 41.9 Å². The molecule has 19 heavy (non-hydrogen) atoms. The van der Waals surface area contributed by atoms with Crippen molar-refractivity contribution in [2.75, 3.05) is 0 Å². The SMILES string of the molecule is CCC(C)(CC)CC(C)CC(C)CC(C)(CC)CC. The topological polar surface area (TPSA) is 0 Å². The van der Waals surface area contributed by atoms with Crippen molar-refractivity contribution in [1.29, 1.82) is 0 Å². The van der Waals surface area contributed by atoms with Crippen LogP contribution in [-0.2, 0) is 0 Å². The van der Waals surface area contributed by atoms with Gasteiger partial charge >= 0.3 is 0 Å². The molecule has 0 aromatic rings. The van der Waals surface area contributed by atoms with Crippen LogP contribution in [0.15, 0.2) is 0 Å². The Balaban J connectivity index is 4.29. The minimum Gasteiger partial charge on any atom is -0.0649 e. The lowest BCUT2D eigenvalue weighted by Crippen LogP contribution is -2.22. The molecule has 0 aliphatic carbocycles. The first-order valence-electron chi connectivity index (χ1n) is 8.74. The van der Waals surface area contributed by atoms with Gasteiger partial charge in [0.25, 0.3) is 0 Å². The average molecular weight is 269 g/mol. The maximum atomic E-state index is 2.47. The van der Waals surface area contributed by atoms with Gasteiger partial charge in [0, 0.05) is 0 Å². The van der Waals surface area contributed by atoms with Crippen LogP contribution in [0.3, 0.4) is 0 Å². The van der Waals surface area contributed by atoms with Crippen LogP contribution in [0.2, 0.25) is 0 Å². The summed E-state index contributed by atoms with van der Waals surface area (Å²) in [6, 6.07) is 0. The van der Waals surface area contributed by atoms with E-state index in [1.165, 1.54) is 44.9 Å². The van der Waals surface area contributed by atoms with Crippen LogP contribution >= 0.6 is 0 Å². The number of hydrogen-bond donors (Lipinski definition) is 0. The van der Waals surface area contributed by atoms with E-state index >= 15 is 0 Å². The van der Waals surface area contributed by atoms with E-state index in [4.69, 9.17) is 0 Å². The van der Waals surface area contributed by atoms with Gasteiger partial charge in [-0.15, -0.1) is 0 Å². The van der Waals surface area contributed by atoms with E-state index in [2.05, 4.69) is 55.4 Å². The lowest BCUT2D eigenvalue weighted by molar-refractivity contribution is 0.178. The highest BCUT2D eigenvalue weighted by molar-refractivity contribution is 4.78. The van der Waals surface area contributed by atoms with Crippen molar-refractivity contribution in [2.45, 2.75) is 100 Å². The molecular formula is C19H40. The van der Waals surface area contributed by atoms with Gasteiger partial charge in [0.15, 0.2) is 0 Å². The summed E-state index contributed by atoms with van der Waals surface area (Å²) in [7, 11) is 0. The molecular weight excluding hydrogens is 228 g/mol. The van der Waals surface area contributed by atoms with Gasteiger partial charge in [-0.25, -0.2) is 0 Å². The molecule has 0 heteroatoms. The van der Waals surface area contributed by atoms with Crippen LogP contribution in [0, 0.1) is 22.7 Å². The van der Waals surface area contributed by atoms with Crippen molar-refractivity contribution in [3.63, 3.8) is 0 Å². The van der Waals surface area contributed by atoms with Crippen LogP contribution in [0.5, 0.6) is 0 Å². The standard InChI is InChI=1S/C19H40/c1-9-18(7,10-2)14-16(5)13-17(6)15-19(8,11-3)12-4/h16-17H,9-15H2,1-8H3. The molecule has 0 aromatic carbocycles. The van der Waals surface area contributed by atoms with Crippen molar-refractivity contribution in [2.24, 2.45) is 22.7 Å². The van der Waals surface area contributed by atoms with E-state index in [-0.39, 0.29) is 0 Å². The normalized spacial score (nSPS) is 16.4. The third-order valence-corrected chi connectivity index (χ3v) is 5.90. The lowest BCUT2D eigenvalue weighted by Gasteiger charge is -2.34. The van der Waals surface area contributed by atoms with Gasteiger partial charge in [-0.1, -0.05) is 81.1 Å². The molecule has 0 amide bonds. The van der Waals surface area contributed by atoms with E-state index < -0.39 is 0 Å². The van der Waals surface area contributed by atoms with Gasteiger partial charge in [0.05, 0.1) is 0 Å². The molecule has 0 N–H and O–H groups in total. The van der Waals surface area contributed by atoms with E-state index in [0.29, 0.717) is 10.8 Å². The summed E-state index contributed by atoms with van der Waals surface area (Å²) in [5.74, 6) is 1.75. The Morgan fingerprint density at radius 1 is 0.632 bits per heavy atom. The van der Waals surface area contributed by atoms with Gasteiger partial charge < -0.3 is 0 Å². The van der Waals surface area contributed by atoms with E-state index in [9.17, 15) is 0 Å². The second-order valence-electron chi connectivity index (χ2n) is 7.89. The van der Waals surface area contributed by atoms with Crippen LogP contribution < -0.4 is 0 Å². The average Bonchev–Trinajstić information content (AvgIpc) is 2.37. The van der Waals surface area contributed by atoms with Gasteiger partial charge in [-0.2, -0.15) is 0 Å². The van der Waals surface area contributed by atoms with Crippen LogP contribution in [0.4, 0.5) is 0 Å². The van der Waals surface area contributed by atoms with Crippen molar-refractivity contribution >= 4 is 0 Å². The lowest BCUT2D eigenvalue weighted by atomic mass is 9.72. The number of hydrogen-bond acceptors (Lipinski definition) is 0. The Labute approximate surface area is 123 Å². The molecule has 0 heterocycles. The first-order valence-corrected chi connectivity index (χ1v) is 8.74. The Bertz CT molecular complexity index is 196. The van der Waals surface area contributed by atoms with Gasteiger partial charge in [0.2, 0.25) is 0 Å². The quantitative estimate of drug-likeness (QED) is 0.397. The molecule has 2 unspecified atom stereocenters. The molecule has 0 aliphatic rings. The Morgan fingerprint density at radius 2 is 0.895 bits per heavy atom. The van der Waals surface area contributed by atoms with Crippen LogP contribution in [-0.4, -0.2) is 0 Å². The smallest absolute Gasteiger partial charge is 0.0329 e. The van der Waals surface area contributed by atoms with E-state index in [1.54, 1.807) is 0 Å². The Hall–Kier alpha value is 0. The Kier molecular flexibility index (Phi) is 8.32. The molecule has 0 aromatic heterocycles. The zero-order chi connectivity index (χ0) is 15.1. The van der Waals surface area contributed by atoms with E-state index in [1.807, 2.05) is 0 Å². The van der Waals surface area contributed by atoms with Crippen molar-refractivity contribution in [1.82, 2.24) is 0 Å². The molecule has 0 radical (unpaired) electrons. The first kappa shape index (κ1) is 19.0. The number of rotatable bonds is 10. The largest absolute Gasteiger partial charge is 0.0649 e. The second kappa shape index (κ2) is 8.32. The fourth-order valence-electron chi connectivity index (χ4n) is 3.61. The summed E-state index contributed by atoms with van der Waals surface area (Å²) in [4.78, 5) is 0. The third kappa shape index (κ3) is 6.82. The molecule has 0 aliphatic heterocycles. The monoisotopic (exact) mass is 268 g/mol. The fraction of sp³-hybridized carbons (Fsp3) is 1.00. The van der Waals surface area contributed by atoms with Crippen molar-refractivity contribution < 1.29 is 0 Å². The zero-order valence-corrected chi connectivity index (χ0v) is 15.1. The minimum absolute atomic E-state index is 0.567. The summed E-state index contributed by atoms with van der Waals surface area (Å²) in [5.41, 5.74) is 1.13. The molecule has 0 fully saturated rings. The minimum atomic E-state index is 0.567. The molecule has 0 bridgehead atoms. The molecule has 0 saturated carbocycles. The fourth-order valence-corrected chi connectivity index (χ4v) is 3.61. The summed E-state index contributed by atoms with van der Waals surface area (Å²) < 4.78 is 0. The van der Waals surface area contributed by atoms with Gasteiger partial charge in [-0.3, -0.25) is 0 Å². The maximum Gasteiger partial charge on any atom is -0.0329 e. The molecule has 0 saturated heterocycles. The second-order valence-corrected chi connectivity index (χ2v) is 7.89. The third-order valence-electron chi connectivity index (χ3n) is 5.90. The highest BCUT2D eigenvalue weighted by Gasteiger charge is 2.26. The van der Waals surface area contributed by atoms with Crippen molar-refractivity contribution in [3.05, 3.63) is 0 Å². The molecule has 0 rings (SSSR count). The molecule has 116 valence electrons. The maximum absolute atomic E-state index is 2.47. The van der Waals surface area contributed by atoms with E-state index in [0.717, 1.165) is 11.8 Å². The van der Waals surface area contributed by atoms with Gasteiger partial charge in [0.1, 0.15) is 0 Å². The highest BCUT2D eigenvalue weighted by Crippen LogP contribution is 2.38. The van der Waals surface area contributed by atoms with Crippen LogP contribution in [0.1, 0.15) is 100 Å². The predicted molar refractivity (Wildman–Crippen MR) is 89.6 cm³/mol. The summed E-state index contributed by atoms with van der Waals surface area (Å²) in [5, 5.41) is 0. The predicted octanol–water partition coefficient (Wildman–Crippen LogP) is 7.08. The van der Waals surface area contributed by atoms with Crippen molar-refractivity contribution in [3.8, 4) is 0 Å².